The van der Waals surface area contributed by atoms with Crippen molar-refractivity contribution in [2.45, 2.75) is 39.4 Å². The maximum absolute atomic E-state index is 12.2. The first-order valence-electron chi connectivity index (χ1n) is 12.0. The van der Waals surface area contributed by atoms with Crippen molar-refractivity contribution in [3.8, 4) is 17.2 Å². The summed E-state index contributed by atoms with van der Waals surface area (Å²) in [5.41, 5.74) is 4.73. The van der Waals surface area contributed by atoms with Crippen molar-refractivity contribution in [1.82, 2.24) is 5.43 Å². The van der Waals surface area contributed by atoms with E-state index in [1.165, 1.54) is 6.21 Å². The zero-order chi connectivity index (χ0) is 26.6. The second kappa shape index (κ2) is 14.5. The molecule has 1 amide bonds. The van der Waals surface area contributed by atoms with Gasteiger partial charge in [0.05, 0.1) is 25.5 Å². The summed E-state index contributed by atoms with van der Waals surface area (Å²) in [5.74, 6) is 1.54. The lowest BCUT2D eigenvalue weighted by atomic mass is 10.0. The van der Waals surface area contributed by atoms with E-state index in [-0.39, 0.29) is 25.4 Å². The van der Waals surface area contributed by atoms with Crippen LogP contribution in [0, 0.1) is 0 Å². The lowest BCUT2D eigenvalue weighted by Crippen LogP contribution is -2.18. The van der Waals surface area contributed by atoms with E-state index >= 15 is 0 Å². The summed E-state index contributed by atoms with van der Waals surface area (Å²) in [6, 6.07) is 17.7. The third-order valence-corrected chi connectivity index (χ3v) is 5.88. The molecule has 7 nitrogen and oxygen atoms in total. The molecule has 0 unspecified atom stereocenters. The fraction of sp³-hybridized carbons (Fsp3) is 0.286. The van der Waals surface area contributed by atoms with Crippen molar-refractivity contribution in [2.75, 3.05) is 13.2 Å². The van der Waals surface area contributed by atoms with Gasteiger partial charge in [-0.3, -0.25) is 4.79 Å². The van der Waals surface area contributed by atoms with Crippen LogP contribution >= 0.6 is 23.2 Å². The van der Waals surface area contributed by atoms with Gasteiger partial charge in [0.2, 0.25) is 5.91 Å². The summed E-state index contributed by atoms with van der Waals surface area (Å²) in [5, 5.41) is 15.4. The number of aliphatic hydroxyl groups excluding tert-OH is 1. The Morgan fingerprint density at radius 2 is 1.73 bits per heavy atom. The minimum absolute atomic E-state index is 0.121. The van der Waals surface area contributed by atoms with E-state index in [1.54, 1.807) is 54.6 Å². The fourth-order valence-corrected chi connectivity index (χ4v) is 3.87. The largest absolute Gasteiger partial charge is 0.494 e. The molecule has 3 aromatic carbocycles. The van der Waals surface area contributed by atoms with Crippen LogP contribution in [0.5, 0.6) is 17.2 Å². The predicted molar refractivity (Wildman–Crippen MR) is 146 cm³/mol. The highest BCUT2D eigenvalue weighted by atomic mass is 35.5. The third kappa shape index (κ3) is 8.97. The van der Waals surface area contributed by atoms with Crippen LogP contribution in [0.2, 0.25) is 10.0 Å². The molecule has 2 N–H and O–H groups in total. The van der Waals surface area contributed by atoms with E-state index in [0.717, 1.165) is 22.4 Å². The van der Waals surface area contributed by atoms with Crippen LogP contribution in [0.25, 0.3) is 0 Å². The molecule has 196 valence electrons. The summed E-state index contributed by atoms with van der Waals surface area (Å²) in [6.07, 6.45) is 1.15. The van der Waals surface area contributed by atoms with Gasteiger partial charge in [0.1, 0.15) is 12.4 Å². The number of carbonyl (C=O) groups is 1. The Labute approximate surface area is 227 Å². The Hall–Kier alpha value is -3.26. The maximum Gasteiger partial charge on any atom is 0.240 e. The first kappa shape index (κ1) is 28.3. The Balaban J connectivity index is 1.51. The molecule has 0 aliphatic carbocycles. The van der Waals surface area contributed by atoms with Gasteiger partial charge in [-0.15, -0.1) is 0 Å². The number of halogens is 2. The minimum Gasteiger partial charge on any atom is -0.494 e. The summed E-state index contributed by atoms with van der Waals surface area (Å²) in [6.45, 7) is 5.07. The molecule has 0 radical (unpaired) electrons. The number of hydrogen-bond acceptors (Lipinski definition) is 6. The van der Waals surface area contributed by atoms with Crippen molar-refractivity contribution in [3.05, 3.63) is 87.4 Å². The van der Waals surface area contributed by atoms with E-state index < -0.39 is 6.10 Å². The summed E-state index contributed by atoms with van der Waals surface area (Å²) >= 11 is 12.2. The van der Waals surface area contributed by atoms with Gasteiger partial charge in [-0.05, 0) is 73.9 Å². The molecule has 0 heterocycles. The van der Waals surface area contributed by atoms with Gasteiger partial charge in [-0.2, -0.15) is 5.10 Å². The molecule has 0 aromatic heterocycles. The molecule has 0 saturated heterocycles. The van der Waals surface area contributed by atoms with Crippen molar-refractivity contribution >= 4 is 35.3 Å². The van der Waals surface area contributed by atoms with Crippen LogP contribution in [-0.4, -0.2) is 30.4 Å². The van der Waals surface area contributed by atoms with E-state index in [0.29, 0.717) is 34.8 Å². The Morgan fingerprint density at radius 1 is 0.973 bits per heavy atom. The maximum atomic E-state index is 12.2. The summed E-state index contributed by atoms with van der Waals surface area (Å²) in [4.78, 5) is 12.2. The zero-order valence-electron chi connectivity index (χ0n) is 20.7. The number of hydrazone groups is 1. The normalized spacial score (nSPS) is 11.8. The Kier molecular flexibility index (Phi) is 11.1. The Morgan fingerprint density at radius 3 is 2.43 bits per heavy atom. The number of rotatable bonds is 13. The smallest absolute Gasteiger partial charge is 0.240 e. The first-order chi connectivity index (χ1) is 17.9. The van der Waals surface area contributed by atoms with Crippen molar-refractivity contribution in [3.63, 3.8) is 0 Å². The molecule has 0 fully saturated rings. The van der Waals surface area contributed by atoms with Crippen LogP contribution in [0.3, 0.4) is 0 Å². The molecular formula is C28H30Cl2N2O5. The number of nitrogens with zero attached hydrogens (tertiary/aromatic N) is 1. The van der Waals surface area contributed by atoms with Crippen LogP contribution in [-0.2, 0) is 11.4 Å². The van der Waals surface area contributed by atoms with E-state index in [4.69, 9.17) is 37.4 Å². The van der Waals surface area contributed by atoms with Crippen molar-refractivity contribution < 1.29 is 24.1 Å². The summed E-state index contributed by atoms with van der Waals surface area (Å²) < 4.78 is 17.0. The predicted octanol–water partition coefficient (Wildman–Crippen LogP) is 6.33. The molecule has 9 heteroatoms. The molecule has 37 heavy (non-hydrogen) atoms. The molecule has 1 atom stereocenters. The second-order valence-electron chi connectivity index (χ2n) is 8.01. The van der Waals surface area contributed by atoms with Crippen LogP contribution in [0.4, 0.5) is 0 Å². The van der Waals surface area contributed by atoms with Crippen LogP contribution in [0.1, 0.15) is 49.5 Å². The molecular weight excluding hydrogens is 515 g/mol. The SMILES string of the molecule is CCOc1ccc([C@H](O)CCC(=O)N/N=C\c2ccc(OCc3ccc(Cl)cc3Cl)c(OCC)c2)cc1. The molecule has 0 aliphatic heterocycles. The van der Waals surface area contributed by atoms with E-state index in [1.807, 2.05) is 19.9 Å². The van der Waals surface area contributed by atoms with Gasteiger partial charge in [-0.25, -0.2) is 5.43 Å². The highest BCUT2D eigenvalue weighted by molar-refractivity contribution is 6.35. The quantitative estimate of drug-likeness (QED) is 0.194. The number of carbonyl (C=O) groups excluding carboxylic acids is 1. The van der Waals surface area contributed by atoms with E-state index in [9.17, 15) is 9.90 Å². The number of hydrogen-bond donors (Lipinski definition) is 2. The summed E-state index contributed by atoms with van der Waals surface area (Å²) in [7, 11) is 0. The van der Waals surface area contributed by atoms with Crippen molar-refractivity contribution in [1.29, 1.82) is 0 Å². The number of ether oxygens (including phenoxy) is 3. The standard InChI is InChI=1S/C28H30Cl2N2O5/c1-3-35-23-10-7-20(8-11-23)25(33)12-14-28(34)32-31-17-19-5-13-26(27(15-19)36-4-2)37-18-21-6-9-22(29)16-24(21)30/h5-11,13,15-17,25,33H,3-4,12,14,18H2,1-2H3,(H,32,34)/b31-17-/t25-/m1/s1. The van der Waals surface area contributed by atoms with Gasteiger partial charge in [0, 0.05) is 22.0 Å². The van der Waals surface area contributed by atoms with Gasteiger partial charge < -0.3 is 19.3 Å². The number of benzene rings is 3. The van der Waals surface area contributed by atoms with Gasteiger partial charge >= 0.3 is 0 Å². The van der Waals surface area contributed by atoms with E-state index in [2.05, 4.69) is 10.5 Å². The number of aliphatic hydroxyl groups is 1. The molecule has 0 bridgehead atoms. The lowest BCUT2D eigenvalue weighted by molar-refractivity contribution is -0.121. The molecule has 0 spiro atoms. The highest BCUT2D eigenvalue weighted by Crippen LogP contribution is 2.30. The number of nitrogens with one attached hydrogen (secondary N) is 1. The lowest BCUT2D eigenvalue weighted by Gasteiger charge is -2.13. The van der Waals surface area contributed by atoms with Gasteiger partial charge in [0.25, 0.3) is 0 Å². The average molecular weight is 545 g/mol. The minimum atomic E-state index is -0.755. The molecule has 0 aliphatic rings. The van der Waals surface area contributed by atoms with Crippen LogP contribution in [0.15, 0.2) is 65.8 Å². The molecule has 3 rings (SSSR count). The average Bonchev–Trinajstić information content (AvgIpc) is 2.88. The molecule has 0 saturated carbocycles. The highest BCUT2D eigenvalue weighted by Gasteiger charge is 2.11. The molecule has 3 aromatic rings. The van der Waals surface area contributed by atoms with Crippen molar-refractivity contribution in [2.24, 2.45) is 5.10 Å². The zero-order valence-corrected chi connectivity index (χ0v) is 22.3. The Bertz CT molecular complexity index is 1200. The topological polar surface area (TPSA) is 89.4 Å². The first-order valence-corrected chi connectivity index (χ1v) is 12.7. The fourth-order valence-electron chi connectivity index (χ4n) is 3.41. The number of amides is 1. The van der Waals surface area contributed by atoms with Gasteiger partial charge in [0.15, 0.2) is 11.5 Å². The second-order valence-corrected chi connectivity index (χ2v) is 8.86. The van der Waals surface area contributed by atoms with Crippen LogP contribution < -0.4 is 19.6 Å². The monoisotopic (exact) mass is 544 g/mol. The third-order valence-electron chi connectivity index (χ3n) is 5.29. The van der Waals surface area contributed by atoms with Gasteiger partial charge in [-0.1, -0.05) is 41.4 Å².